The van der Waals surface area contributed by atoms with Crippen LogP contribution < -0.4 is 0 Å². The third kappa shape index (κ3) is 0.152. The molecule has 0 N–H and O–H groups in total. The Bertz CT molecular complexity index is 371. The first kappa shape index (κ1) is 5.02. The van der Waals surface area contributed by atoms with Crippen LogP contribution >= 0.6 is 0 Å². The quantitative estimate of drug-likeness (QED) is 0.508. The minimum absolute atomic E-state index is 0.904. The number of hydrogen-bond acceptors (Lipinski definition) is 0. The molecular weight excluding hydrogens is 144 g/mol. The molecule has 6 saturated carbocycles. The van der Waals surface area contributed by atoms with Gasteiger partial charge in [-0.05, 0) is 65.1 Å². The molecule has 6 aliphatic rings. The summed E-state index contributed by atoms with van der Waals surface area (Å²) in [6, 6.07) is 0. The molecule has 0 heterocycles. The van der Waals surface area contributed by atoms with Gasteiger partial charge in [0.2, 0.25) is 0 Å². The molecule has 0 bridgehead atoms. The Morgan fingerprint density at radius 3 is 2.33 bits per heavy atom. The van der Waals surface area contributed by atoms with Crippen LogP contribution in [0, 0.1) is 33.0 Å². The van der Waals surface area contributed by atoms with Crippen molar-refractivity contribution < 1.29 is 0 Å². The second-order valence-corrected chi connectivity index (χ2v) is 7.05. The minimum atomic E-state index is 0.904. The van der Waals surface area contributed by atoms with E-state index in [2.05, 4.69) is 6.92 Å². The maximum Gasteiger partial charge on any atom is -0.0133 e. The Kier molecular flexibility index (Phi) is 0.319. The normalized spacial score (nSPS) is 99.2. The zero-order valence-electron chi connectivity index (χ0n) is 7.61. The predicted molar refractivity (Wildman–Crippen MR) is 44.4 cm³/mol. The highest BCUT2D eigenvalue weighted by atomic mass is 15.2. The van der Waals surface area contributed by atoms with E-state index in [4.69, 9.17) is 0 Å². The summed E-state index contributed by atoms with van der Waals surface area (Å²) >= 11 is 0. The molecule has 6 atom stereocenters. The topological polar surface area (TPSA) is 0 Å². The molecular formula is C12H14. The summed E-state index contributed by atoms with van der Waals surface area (Å²) in [5.41, 5.74) is 4.90. The van der Waals surface area contributed by atoms with Crippen LogP contribution in [0.4, 0.5) is 0 Å². The fourth-order valence-corrected chi connectivity index (χ4v) is 7.58. The summed E-state index contributed by atoms with van der Waals surface area (Å²) in [7, 11) is 0. The fraction of sp³-hybridized carbons (Fsp3) is 1.00. The third-order valence-corrected chi connectivity index (χ3v) is 8.04. The molecule has 6 rings (SSSR count). The Labute approximate surface area is 72.7 Å². The van der Waals surface area contributed by atoms with E-state index in [9.17, 15) is 0 Å². The van der Waals surface area contributed by atoms with Gasteiger partial charge in [-0.25, -0.2) is 0 Å². The molecule has 62 valence electrons. The Balaban J connectivity index is 1.83. The van der Waals surface area contributed by atoms with Gasteiger partial charge in [0.05, 0.1) is 0 Å². The highest BCUT2D eigenvalue weighted by molar-refractivity contribution is 5.65. The second-order valence-electron chi connectivity index (χ2n) is 7.05. The van der Waals surface area contributed by atoms with E-state index in [1.54, 1.807) is 32.1 Å². The lowest BCUT2D eigenvalue weighted by Gasteiger charge is -2.38. The Morgan fingerprint density at radius 2 is 1.83 bits per heavy atom. The molecule has 0 amide bonds. The van der Waals surface area contributed by atoms with Gasteiger partial charge in [0.25, 0.3) is 0 Å². The van der Waals surface area contributed by atoms with Crippen molar-refractivity contribution in [1.82, 2.24) is 0 Å². The SMILES string of the molecule is CC12CC13C1CC13C13CCC21C3. The van der Waals surface area contributed by atoms with Crippen LogP contribution in [0.3, 0.4) is 0 Å². The molecule has 6 fully saturated rings. The van der Waals surface area contributed by atoms with Crippen molar-refractivity contribution in [1.29, 1.82) is 0 Å². The van der Waals surface area contributed by atoms with E-state index in [0.29, 0.717) is 0 Å². The Morgan fingerprint density at radius 1 is 1.00 bits per heavy atom. The van der Waals surface area contributed by atoms with E-state index in [1.165, 1.54) is 5.92 Å². The van der Waals surface area contributed by atoms with Crippen molar-refractivity contribution in [2.45, 2.75) is 39.0 Å². The van der Waals surface area contributed by atoms with Crippen LogP contribution in [0.25, 0.3) is 0 Å². The third-order valence-electron chi connectivity index (χ3n) is 8.04. The van der Waals surface area contributed by atoms with Crippen molar-refractivity contribution in [2.24, 2.45) is 33.0 Å². The molecule has 6 unspecified atom stereocenters. The summed E-state index contributed by atoms with van der Waals surface area (Å²) < 4.78 is 0. The molecule has 0 heteroatoms. The highest BCUT2D eigenvalue weighted by Gasteiger charge is 3.18. The van der Waals surface area contributed by atoms with Gasteiger partial charge in [0, 0.05) is 0 Å². The van der Waals surface area contributed by atoms with Gasteiger partial charge >= 0.3 is 0 Å². The molecule has 0 aliphatic heterocycles. The molecule has 0 radical (unpaired) electrons. The summed E-state index contributed by atoms with van der Waals surface area (Å²) in [4.78, 5) is 0. The summed E-state index contributed by atoms with van der Waals surface area (Å²) in [5, 5.41) is 0. The van der Waals surface area contributed by atoms with Gasteiger partial charge in [0.1, 0.15) is 0 Å². The van der Waals surface area contributed by atoms with E-state index in [-0.39, 0.29) is 0 Å². The van der Waals surface area contributed by atoms with Gasteiger partial charge in [-0.3, -0.25) is 0 Å². The van der Waals surface area contributed by atoms with Gasteiger partial charge in [-0.1, -0.05) is 6.92 Å². The molecule has 0 saturated heterocycles. The first-order valence-corrected chi connectivity index (χ1v) is 5.71. The maximum absolute atomic E-state index is 2.65. The van der Waals surface area contributed by atoms with Crippen LogP contribution in [0.2, 0.25) is 0 Å². The second kappa shape index (κ2) is 0.762. The number of rotatable bonds is 0. The van der Waals surface area contributed by atoms with Crippen molar-refractivity contribution in [3.63, 3.8) is 0 Å². The molecule has 12 heavy (non-hydrogen) atoms. The van der Waals surface area contributed by atoms with Gasteiger partial charge in [-0.2, -0.15) is 0 Å². The standard InChI is InChI=1S/C12H14/c1-8-5-12(8)7-4-11(7,12)10-3-2-9(8,10)6-10/h7H,2-6H2,1H3. The molecule has 2 spiro atoms. The zero-order valence-corrected chi connectivity index (χ0v) is 7.61. The monoisotopic (exact) mass is 158 g/mol. The first-order chi connectivity index (χ1) is 5.71. The zero-order chi connectivity index (χ0) is 7.61. The molecule has 0 nitrogen and oxygen atoms in total. The van der Waals surface area contributed by atoms with E-state index in [0.717, 1.165) is 27.1 Å². The Hall–Kier alpha value is 0. The molecule has 6 aliphatic carbocycles. The molecule has 0 aromatic carbocycles. The van der Waals surface area contributed by atoms with Gasteiger partial charge in [0.15, 0.2) is 0 Å². The largest absolute Gasteiger partial charge is 0.0585 e. The van der Waals surface area contributed by atoms with Gasteiger partial charge in [-0.15, -0.1) is 0 Å². The maximum atomic E-state index is 2.65. The van der Waals surface area contributed by atoms with Crippen molar-refractivity contribution in [3.8, 4) is 0 Å². The summed E-state index contributed by atoms with van der Waals surface area (Å²) in [6.07, 6.45) is 8.27. The van der Waals surface area contributed by atoms with Crippen LogP contribution in [-0.4, -0.2) is 0 Å². The molecule has 0 aromatic heterocycles. The average Bonchev–Trinajstić information content (AvgIpc) is 2.76. The smallest absolute Gasteiger partial charge is 0.0133 e. The van der Waals surface area contributed by atoms with Crippen LogP contribution in [0.15, 0.2) is 0 Å². The van der Waals surface area contributed by atoms with E-state index in [1.807, 2.05) is 0 Å². The lowest BCUT2D eigenvalue weighted by molar-refractivity contribution is 0.100. The summed E-state index contributed by atoms with van der Waals surface area (Å²) in [6.45, 7) is 2.65. The van der Waals surface area contributed by atoms with Crippen molar-refractivity contribution in [3.05, 3.63) is 0 Å². The first-order valence-electron chi connectivity index (χ1n) is 5.71. The van der Waals surface area contributed by atoms with Crippen LogP contribution in [0.5, 0.6) is 0 Å². The number of hydrogen-bond donors (Lipinski definition) is 0. The lowest BCUT2D eigenvalue weighted by Crippen LogP contribution is -2.31. The average molecular weight is 158 g/mol. The fourth-order valence-electron chi connectivity index (χ4n) is 7.58. The predicted octanol–water partition coefficient (Wildman–Crippen LogP) is 2.59. The van der Waals surface area contributed by atoms with Crippen molar-refractivity contribution in [2.75, 3.05) is 0 Å². The van der Waals surface area contributed by atoms with Gasteiger partial charge < -0.3 is 0 Å². The minimum Gasteiger partial charge on any atom is -0.0585 e. The van der Waals surface area contributed by atoms with E-state index >= 15 is 0 Å². The molecule has 0 aromatic rings. The summed E-state index contributed by atoms with van der Waals surface area (Å²) in [5.74, 6) is 1.27. The van der Waals surface area contributed by atoms with Crippen molar-refractivity contribution >= 4 is 0 Å². The van der Waals surface area contributed by atoms with Crippen LogP contribution in [0.1, 0.15) is 39.0 Å². The highest BCUT2D eigenvalue weighted by Crippen LogP contribution is 3.23. The van der Waals surface area contributed by atoms with E-state index < -0.39 is 0 Å². The lowest BCUT2D eigenvalue weighted by atomic mass is 9.66. The van der Waals surface area contributed by atoms with Crippen LogP contribution in [-0.2, 0) is 0 Å².